The van der Waals surface area contributed by atoms with Crippen LogP contribution in [0.5, 0.6) is 0 Å². The standard InChI is InChI=1S/C16H23BrFN/c1-2-11-4-3-5-13(8-11)16(19)10-12-6-7-15(18)14(17)9-12/h6-7,9,11,13,16H,2-5,8,10,19H2,1H3. The summed E-state index contributed by atoms with van der Waals surface area (Å²) in [4.78, 5) is 0. The predicted octanol–water partition coefficient (Wildman–Crippen LogP) is 4.67. The highest BCUT2D eigenvalue weighted by atomic mass is 79.9. The molecule has 1 saturated carbocycles. The lowest BCUT2D eigenvalue weighted by molar-refractivity contribution is 0.228. The van der Waals surface area contributed by atoms with Crippen LogP contribution in [0.25, 0.3) is 0 Å². The largest absolute Gasteiger partial charge is 0.327 e. The Morgan fingerprint density at radius 2 is 2.21 bits per heavy atom. The molecule has 1 aromatic carbocycles. The molecule has 0 spiro atoms. The minimum Gasteiger partial charge on any atom is -0.327 e. The summed E-state index contributed by atoms with van der Waals surface area (Å²) in [6, 6.07) is 5.42. The molecule has 1 aliphatic carbocycles. The molecule has 0 bridgehead atoms. The quantitative estimate of drug-likeness (QED) is 0.854. The van der Waals surface area contributed by atoms with Gasteiger partial charge in [0.05, 0.1) is 4.47 Å². The fourth-order valence-corrected chi connectivity index (χ4v) is 3.62. The Kier molecular flexibility index (Phi) is 5.40. The molecule has 0 radical (unpaired) electrons. The van der Waals surface area contributed by atoms with Crippen molar-refractivity contribution in [3.05, 3.63) is 34.1 Å². The van der Waals surface area contributed by atoms with Crippen molar-refractivity contribution in [2.45, 2.75) is 51.5 Å². The number of benzene rings is 1. The zero-order valence-corrected chi connectivity index (χ0v) is 13.1. The van der Waals surface area contributed by atoms with Crippen LogP contribution in [0.2, 0.25) is 0 Å². The Bertz CT molecular complexity index is 421. The lowest BCUT2D eigenvalue weighted by Gasteiger charge is -2.32. The minimum atomic E-state index is -0.207. The number of rotatable bonds is 4. The van der Waals surface area contributed by atoms with E-state index in [-0.39, 0.29) is 11.9 Å². The van der Waals surface area contributed by atoms with Crippen molar-refractivity contribution in [3.63, 3.8) is 0 Å². The van der Waals surface area contributed by atoms with Crippen LogP contribution in [0.3, 0.4) is 0 Å². The van der Waals surface area contributed by atoms with Gasteiger partial charge < -0.3 is 5.73 Å². The molecule has 0 aromatic heterocycles. The van der Waals surface area contributed by atoms with Crippen LogP contribution in [0.1, 0.15) is 44.6 Å². The van der Waals surface area contributed by atoms with Crippen molar-refractivity contribution >= 4 is 15.9 Å². The Morgan fingerprint density at radius 1 is 1.42 bits per heavy atom. The summed E-state index contributed by atoms with van der Waals surface area (Å²) >= 11 is 3.24. The highest BCUT2D eigenvalue weighted by molar-refractivity contribution is 9.10. The minimum absolute atomic E-state index is 0.201. The highest BCUT2D eigenvalue weighted by Gasteiger charge is 2.25. The van der Waals surface area contributed by atoms with E-state index < -0.39 is 0 Å². The van der Waals surface area contributed by atoms with Gasteiger partial charge in [0.2, 0.25) is 0 Å². The lowest BCUT2D eigenvalue weighted by atomic mass is 9.76. The maximum absolute atomic E-state index is 13.2. The summed E-state index contributed by atoms with van der Waals surface area (Å²) in [6.45, 7) is 2.27. The Balaban J connectivity index is 1.96. The number of hydrogen-bond acceptors (Lipinski definition) is 1. The van der Waals surface area contributed by atoms with Crippen molar-refractivity contribution in [1.82, 2.24) is 0 Å². The molecule has 1 aliphatic rings. The second-order valence-electron chi connectivity index (χ2n) is 5.82. The van der Waals surface area contributed by atoms with Crippen molar-refractivity contribution in [3.8, 4) is 0 Å². The lowest BCUT2D eigenvalue weighted by Crippen LogP contribution is -2.35. The van der Waals surface area contributed by atoms with E-state index in [1.807, 2.05) is 12.1 Å². The second kappa shape index (κ2) is 6.85. The van der Waals surface area contributed by atoms with Crippen LogP contribution >= 0.6 is 15.9 Å². The molecule has 0 amide bonds. The molecule has 0 heterocycles. The molecule has 3 atom stereocenters. The van der Waals surface area contributed by atoms with E-state index in [2.05, 4.69) is 22.9 Å². The summed E-state index contributed by atoms with van der Waals surface area (Å²) in [5, 5.41) is 0. The van der Waals surface area contributed by atoms with Crippen LogP contribution in [0.4, 0.5) is 4.39 Å². The van der Waals surface area contributed by atoms with Crippen LogP contribution in [-0.4, -0.2) is 6.04 Å². The molecule has 3 heteroatoms. The first-order chi connectivity index (χ1) is 9.10. The molecule has 2 N–H and O–H groups in total. The van der Waals surface area contributed by atoms with Gasteiger partial charge in [0.15, 0.2) is 0 Å². The molecule has 106 valence electrons. The van der Waals surface area contributed by atoms with E-state index in [0.29, 0.717) is 10.4 Å². The van der Waals surface area contributed by atoms with Gasteiger partial charge in [0, 0.05) is 6.04 Å². The predicted molar refractivity (Wildman–Crippen MR) is 81.5 cm³/mol. The molecule has 1 aromatic rings. The van der Waals surface area contributed by atoms with E-state index >= 15 is 0 Å². The van der Waals surface area contributed by atoms with Gasteiger partial charge in [0.25, 0.3) is 0 Å². The average molecular weight is 328 g/mol. The smallest absolute Gasteiger partial charge is 0.137 e. The van der Waals surface area contributed by atoms with Crippen LogP contribution < -0.4 is 5.73 Å². The number of hydrogen-bond donors (Lipinski definition) is 1. The van der Waals surface area contributed by atoms with Crippen molar-refractivity contribution < 1.29 is 4.39 Å². The van der Waals surface area contributed by atoms with Crippen LogP contribution in [0.15, 0.2) is 22.7 Å². The van der Waals surface area contributed by atoms with Gasteiger partial charge in [-0.1, -0.05) is 32.3 Å². The topological polar surface area (TPSA) is 26.0 Å². The molecule has 2 rings (SSSR count). The van der Waals surface area contributed by atoms with Crippen molar-refractivity contribution in [1.29, 1.82) is 0 Å². The van der Waals surface area contributed by atoms with Crippen molar-refractivity contribution in [2.75, 3.05) is 0 Å². The van der Waals surface area contributed by atoms with E-state index in [1.165, 1.54) is 38.2 Å². The fourth-order valence-electron chi connectivity index (χ4n) is 3.20. The van der Waals surface area contributed by atoms with Gasteiger partial charge >= 0.3 is 0 Å². The van der Waals surface area contributed by atoms with E-state index in [9.17, 15) is 4.39 Å². The van der Waals surface area contributed by atoms with E-state index in [4.69, 9.17) is 5.73 Å². The third kappa shape index (κ3) is 4.03. The average Bonchev–Trinajstić information content (AvgIpc) is 2.43. The van der Waals surface area contributed by atoms with Gasteiger partial charge in [-0.3, -0.25) is 0 Å². The molecular weight excluding hydrogens is 305 g/mol. The first-order valence-corrected chi connectivity index (χ1v) is 8.09. The first-order valence-electron chi connectivity index (χ1n) is 7.29. The monoisotopic (exact) mass is 327 g/mol. The third-order valence-corrected chi connectivity index (χ3v) is 5.07. The molecule has 0 saturated heterocycles. The molecule has 0 aliphatic heterocycles. The summed E-state index contributed by atoms with van der Waals surface area (Å²) < 4.78 is 13.7. The van der Waals surface area contributed by atoms with Gasteiger partial charge in [0.1, 0.15) is 5.82 Å². The highest BCUT2D eigenvalue weighted by Crippen LogP contribution is 2.33. The van der Waals surface area contributed by atoms with E-state index in [1.54, 1.807) is 0 Å². The second-order valence-corrected chi connectivity index (χ2v) is 6.67. The van der Waals surface area contributed by atoms with Gasteiger partial charge in [-0.15, -0.1) is 0 Å². The van der Waals surface area contributed by atoms with Gasteiger partial charge in [-0.25, -0.2) is 4.39 Å². The van der Waals surface area contributed by atoms with Gasteiger partial charge in [-0.2, -0.15) is 0 Å². The SMILES string of the molecule is CCC1CCCC(C(N)Cc2ccc(F)c(Br)c2)C1. The summed E-state index contributed by atoms with van der Waals surface area (Å²) in [7, 11) is 0. The van der Waals surface area contributed by atoms with Crippen LogP contribution in [0, 0.1) is 17.7 Å². The third-order valence-electron chi connectivity index (χ3n) is 4.46. The normalized spacial score (nSPS) is 25.3. The molecule has 3 unspecified atom stereocenters. The Hall–Kier alpha value is -0.410. The van der Waals surface area contributed by atoms with Crippen LogP contribution in [-0.2, 0) is 6.42 Å². The fraction of sp³-hybridized carbons (Fsp3) is 0.625. The summed E-state index contributed by atoms with van der Waals surface area (Å²) in [6.07, 6.45) is 7.30. The zero-order chi connectivity index (χ0) is 13.8. The first kappa shape index (κ1) is 15.0. The van der Waals surface area contributed by atoms with Gasteiger partial charge in [-0.05, 0) is 64.7 Å². The summed E-state index contributed by atoms with van der Waals surface area (Å²) in [5.41, 5.74) is 7.50. The molecular formula is C16H23BrFN. The molecule has 1 nitrogen and oxygen atoms in total. The van der Waals surface area contributed by atoms with E-state index in [0.717, 1.165) is 17.9 Å². The Labute approximate surface area is 123 Å². The maximum Gasteiger partial charge on any atom is 0.137 e. The molecule has 19 heavy (non-hydrogen) atoms. The molecule has 1 fully saturated rings. The Morgan fingerprint density at radius 3 is 2.89 bits per heavy atom. The zero-order valence-electron chi connectivity index (χ0n) is 11.5. The maximum atomic E-state index is 13.2. The summed E-state index contributed by atoms with van der Waals surface area (Å²) in [5.74, 6) is 1.27. The number of halogens is 2. The van der Waals surface area contributed by atoms with Crippen molar-refractivity contribution in [2.24, 2.45) is 17.6 Å². The number of nitrogens with two attached hydrogens (primary N) is 1.